The van der Waals surface area contributed by atoms with Crippen LogP contribution in [-0.4, -0.2) is 37.2 Å². The van der Waals surface area contributed by atoms with Crippen molar-refractivity contribution < 1.29 is 14.6 Å². The van der Waals surface area contributed by atoms with Crippen LogP contribution in [0.4, 0.5) is 0 Å². The largest absolute Gasteiger partial charge is 0.473 e. The highest BCUT2D eigenvalue weighted by atomic mass is 16.5. The van der Waals surface area contributed by atoms with Crippen molar-refractivity contribution in [3.63, 3.8) is 0 Å². The van der Waals surface area contributed by atoms with Crippen LogP contribution in [0.25, 0.3) is 0 Å². The molecule has 0 radical (unpaired) electrons. The molecule has 0 aliphatic heterocycles. The van der Waals surface area contributed by atoms with E-state index >= 15 is 0 Å². The maximum absolute atomic E-state index is 9.69. The summed E-state index contributed by atoms with van der Waals surface area (Å²) in [5.74, 6) is 0.750. The molecule has 0 amide bonds. The van der Waals surface area contributed by atoms with Crippen molar-refractivity contribution in [3.05, 3.63) is 29.8 Å². The molecule has 108 valence electrons. The average molecular weight is 267 g/mol. The van der Waals surface area contributed by atoms with Gasteiger partial charge in [-0.3, -0.25) is 5.32 Å². The molecule has 19 heavy (non-hydrogen) atoms. The molecule has 0 spiro atoms. The Morgan fingerprint density at radius 1 is 1.16 bits per heavy atom. The summed E-state index contributed by atoms with van der Waals surface area (Å²) in [7, 11) is 1.70. The number of aliphatic hydroxyl groups is 1. The Morgan fingerprint density at radius 3 is 2.26 bits per heavy atom. The predicted molar refractivity (Wildman–Crippen MR) is 76.4 cm³/mol. The van der Waals surface area contributed by atoms with Gasteiger partial charge in [-0.05, 0) is 44.9 Å². The molecule has 1 rings (SSSR count). The number of methoxy groups -OCH3 is 1. The maximum Gasteiger partial charge on any atom is 0.176 e. The lowest BCUT2D eigenvalue weighted by atomic mass is 10.1. The molecule has 4 heteroatoms. The molecule has 0 saturated carbocycles. The van der Waals surface area contributed by atoms with Crippen molar-refractivity contribution in [2.24, 2.45) is 0 Å². The molecule has 0 saturated heterocycles. The van der Waals surface area contributed by atoms with E-state index in [2.05, 4.69) is 5.32 Å². The first-order valence-electron chi connectivity index (χ1n) is 6.71. The van der Waals surface area contributed by atoms with Crippen LogP contribution in [0.3, 0.4) is 0 Å². The van der Waals surface area contributed by atoms with Crippen LogP contribution in [0.15, 0.2) is 24.3 Å². The van der Waals surface area contributed by atoms with E-state index in [1.807, 2.05) is 38.1 Å². The van der Waals surface area contributed by atoms with E-state index in [0.717, 1.165) is 12.2 Å². The number of nitrogens with one attached hydrogen (secondary N) is 1. The van der Waals surface area contributed by atoms with Crippen molar-refractivity contribution >= 4 is 0 Å². The highest BCUT2D eigenvalue weighted by Crippen LogP contribution is 2.15. The molecule has 1 aromatic rings. The molecule has 0 heterocycles. The van der Waals surface area contributed by atoms with Crippen molar-refractivity contribution in [1.82, 2.24) is 5.32 Å². The number of hydrogen-bond donors (Lipinski definition) is 2. The zero-order chi connectivity index (χ0) is 14.3. The van der Waals surface area contributed by atoms with E-state index in [1.165, 1.54) is 5.56 Å². The third-order valence-corrected chi connectivity index (χ3v) is 2.72. The number of benzene rings is 1. The van der Waals surface area contributed by atoms with Gasteiger partial charge in [-0.15, -0.1) is 0 Å². The van der Waals surface area contributed by atoms with Gasteiger partial charge in [-0.1, -0.05) is 12.1 Å². The Labute approximate surface area is 115 Å². The fourth-order valence-corrected chi connectivity index (χ4v) is 1.70. The second kappa shape index (κ2) is 8.15. The number of hydrogen-bond acceptors (Lipinski definition) is 4. The van der Waals surface area contributed by atoms with Gasteiger partial charge in [0.1, 0.15) is 11.9 Å². The first kappa shape index (κ1) is 16.0. The molecule has 4 nitrogen and oxygen atoms in total. The molecule has 2 atom stereocenters. The third-order valence-electron chi connectivity index (χ3n) is 2.72. The molecule has 2 N–H and O–H groups in total. The highest BCUT2D eigenvalue weighted by molar-refractivity contribution is 5.27. The molecule has 0 fully saturated rings. The third kappa shape index (κ3) is 6.05. The Morgan fingerprint density at radius 2 is 1.79 bits per heavy atom. The summed E-state index contributed by atoms with van der Waals surface area (Å²) in [5, 5.41) is 12.9. The van der Waals surface area contributed by atoms with E-state index in [0.29, 0.717) is 6.61 Å². The standard InChI is InChI=1S/C15H25NO3/c1-11(2)16-15(12(3)17)19-14-7-5-13(6-8-14)9-10-18-4/h5-8,11-12,15-17H,9-10H2,1-4H3/t12-,15-/m1/s1. The minimum absolute atomic E-state index is 0.251. The summed E-state index contributed by atoms with van der Waals surface area (Å²) in [6.45, 7) is 6.47. The van der Waals surface area contributed by atoms with Crippen LogP contribution in [0, 0.1) is 0 Å². The Balaban J connectivity index is 2.59. The SMILES string of the molecule is COCCc1ccc(O[C@@H](NC(C)C)[C@@H](C)O)cc1. The molecule has 0 aromatic heterocycles. The number of ether oxygens (including phenoxy) is 2. The van der Waals surface area contributed by atoms with Crippen LogP contribution in [-0.2, 0) is 11.2 Å². The van der Waals surface area contributed by atoms with E-state index in [-0.39, 0.29) is 6.04 Å². The highest BCUT2D eigenvalue weighted by Gasteiger charge is 2.17. The van der Waals surface area contributed by atoms with Gasteiger partial charge in [0.25, 0.3) is 0 Å². The maximum atomic E-state index is 9.69. The molecule has 1 aromatic carbocycles. The van der Waals surface area contributed by atoms with Gasteiger partial charge in [0.05, 0.1) is 6.61 Å². The zero-order valence-electron chi connectivity index (χ0n) is 12.2. The Bertz CT molecular complexity index is 349. The van der Waals surface area contributed by atoms with Crippen molar-refractivity contribution in [2.75, 3.05) is 13.7 Å². The monoisotopic (exact) mass is 267 g/mol. The minimum Gasteiger partial charge on any atom is -0.473 e. The van der Waals surface area contributed by atoms with Crippen molar-refractivity contribution in [2.45, 2.75) is 45.6 Å². The number of rotatable bonds is 8. The van der Waals surface area contributed by atoms with Gasteiger partial charge in [0, 0.05) is 13.2 Å². The van der Waals surface area contributed by atoms with E-state index < -0.39 is 12.3 Å². The first-order chi connectivity index (χ1) is 9.02. The first-order valence-corrected chi connectivity index (χ1v) is 6.71. The van der Waals surface area contributed by atoms with E-state index in [9.17, 15) is 5.11 Å². The zero-order valence-corrected chi connectivity index (χ0v) is 12.2. The molecular formula is C15H25NO3. The average Bonchev–Trinajstić information content (AvgIpc) is 2.36. The normalized spacial score (nSPS) is 14.4. The van der Waals surface area contributed by atoms with Gasteiger partial charge >= 0.3 is 0 Å². The van der Waals surface area contributed by atoms with Crippen LogP contribution < -0.4 is 10.1 Å². The van der Waals surface area contributed by atoms with Crippen LogP contribution >= 0.6 is 0 Å². The van der Waals surface area contributed by atoms with Crippen molar-refractivity contribution in [1.29, 1.82) is 0 Å². The lowest BCUT2D eigenvalue weighted by molar-refractivity contribution is 0.0218. The van der Waals surface area contributed by atoms with Gasteiger partial charge < -0.3 is 14.6 Å². The quantitative estimate of drug-likeness (QED) is 0.707. The molecule has 0 bridgehead atoms. The lowest BCUT2D eigenvalue weighted by Crippen LogP contribution is -2.46. The van der Waals surface area contributed by atoms with E-state index in [1.54, 1.807) is 14.0 Å². The summed E-state index contributed by atoms with van der Waals surface area (Å²) in [4.78, 5) is 0. The topological polar surface area (TPSA) is 50.7 Å². The van der Waals surface area contributed by atoms with Gasteiger partial charge in [-0.25, -0.2) is 0 Å². The second-order valence-corrected chi connectivity index (χ2v) is 4.99. The second-order valence-electron chi connectivity index (χ2n) is 4.99. The van der Waals surface area contributed by atoms with Gasteiger partial charge in [0.15, 0.2) is 6.23 Å². The lowest BCUT2D eigenvalue weighted by Gasteiger charge is -2.25. The fourth-order valence-electron chi connectivity index (χ4n) is 1.70. The molecule has 0 unspecified atom stereocenters. The van der Waals surface area contributed by atoms with Crippen molar-refractivity contribution in [3.8, 4) is 5.75 Å². The van der Waals surface area contributed by atoms with Crippen LogP contribution in [0.5, 0.6) is 5.75 Å². The Kier molecular flexibility index (Phi) is 6.84. The summed E-state index contributed by atoms with van der Waals surface area (Å²) < 4.78 is 10.8. The number of aliphatic hydroxyl groups excluding tert-OH is 1. The van der Waals surface area contributed by atoms with Gasteiger partial charge in [0.2, 0.25) is 0 Å². The van der Waals surface area contributed by atoms with Crippen LogP contribution in [0.1, 0.15) is 26.3 Å². The molecule has 0 aliphatic rings. The molecule has 0 aliphatic carbocycles. The smallest absolute Gasteiger partial charge is 0.176 e. The summed E-state index contributed by atoms with van der Waals surface area (Å²) in [6, 6.07) is 8.12. The van der Waals surface area contributed by atoms with E-state index in [4.69, 9.17) is 9.47 Å². The Hall–Kier alpha value is -1.10. The fraction of sp³-hybridized carbons (Fsp3) is 0.600. The molecular weight excluding hydrogens is 242 g/mol. The minimum atomic E-state index is -0.574. The summed E-state index contributed by atoms with van der Waals surface area (Å²) in [5.41, 5.74) is 1.21. The van der Waals surface area contributed by atoms with Gasteiger partial charge in [-0.2, -0.15) is 0 Å². The summed E-state index contributed by atoms with van der Waals surface area (Å²) in [6.07, 6.45) is -0.0821. The summed E-state index contributed by atoms with van der Waals surface area (Å²) >= 11 is 0. The predicted octanol–water partition coefficient (Wildman–Crippen LogP) is 1.96. The van der Waals surface area contributed by atoms with Crippen LogP contribution in [0.2, 0.25) is 0 Å².